The van der Waals surface area contributed by atoms with Crippen molar-refractivity contribution in [1.29, 1.82) is 0 Å². The summed E-state index contributed by atoms with van der Waals surface area (Å²) in [7, 11) is 0. The van der Waals surface area contributed by atoms with E-state index >= 15 is 0 Å². The number of H-pyrrole nitrogens is 1. The summed E-state index contributed by atoms with van der Waals surface area (Å²) in [6.45, 7) is 8.45. The lowest BCUT2D eigenvalue weighted by atomic mass is 10.0. The van der Waals surface area contributed by atoms with Gasteiger partial charge in [-0.05, 0) is 17.7 Å². The summed E-state index contributed by atoms with van der Waals surface area (Å²) in [5, 5.41) is 12.9. The highest BCUT2D eigenvalue weighted by atomic mass is 19.1. The number of aliphatic hydroxyl groups excluding tert-OH is 1. The maximum atomic E-state index is 14.5. The predicted octanol–water partition coefficient (Wildman–Crippen LogP) is 1.39. The standard InChI is InChI=1S/C16H18FN5O3/c1-4-12(25-9-8-23)13(17)10(2)11(3)14-20-16(24)22(21-14)15-18-6-5-7-19-15/h4-7,11,23H,1-2,8-9H2,3H3,(H,20,21,24). The van der Waals surface area contributed by atoms with Crippen molar-refractivity contribution in [3.05, 3.63) is 71.2 Å². The first-order chi connectivity index (χ1) is 12.0. The fourth-order valence-electron chi connectivity index (χ4n) is 1.95. The van der Waals surface area contributed by atoms with Crippen molar-refractivity contribution in [2.45, 2.75) is 12.8 Å². The first-order valence-corrected chi connectivity index (χ1v) is 7.41. The van der Waals surface area contributed by atoms with E-state index in [1.165, 1.54) is 18.5 Å². The first kappa shape index (κ1) is 18.3. The Morgan fingerprint density at radius 1 is 1.52 bits per heavy atom. The number of nitrogens with zero attached hydrogens (tertiary/aromatic N) is 4. The molecular weight excluding hydrogens is 329 g/mol. The molecule has 25 heavy (non-hydrogen) atoms. The van der Waals surface area contributed by atoms with Crippen LogP contribution in [-0.2, 0) is 4.74 Å². The second-order valence-electron chi connectivity index (χ2n) is 4.98. The van der Waals surface area contributed by atoms with Crippen LogP contribution in [0.4, 0.5) is 4.39 Å². The third kappa shape index (κ3) is 4.07. The highest BCUT2D eigenvalue weighted by Crippen LogP contribution is 2.28. The molecule has 0 spiro atoms. The zero-order chi connectivity index (χ0) is 18.4. The Bertz CT molecular complexity index is 841. The summed E-state index contributed by atoms with van der Waals surface area (Å²) in [5.74, 6) is -1.23. The van der Waals surface area contributed by atoms with Crippen molar-refractivity contribution < 1.29 is 14.2 Å². The molecule has 0 aliphatic rings. The molecule has 0 bridgehead atoms. The van der Waals surface area contributed by atoms with Gasteiger partial charge in [0.2, 0.25) is 0 Å². The molecule has 0 saturated heterocycles. The zero-order valence-corrected chi connectivity index (χ0v) is 13.6. The van der Waals surface area contributed by atoms with E-state index in [1.807, 2.05) is 0 Å². The third-order valence-corrected chi connectivity index (χ3v) is 3.34. The maximum absolute atomic E-state index is 14.5. The summed E-state index contributed by atoms with van der Waals surface area (Å²) in [6.07, 6.45) is 4.13. The Balaban J connectivity index is 2.30. The van der Waals surface area contributed by atoms with Crippen LogP contribution in [0.3, 0.4) is 0 Å². The fraction of sp³-hybridized carbons (Fsp3) is 0.250. The van der Waals surface area contributed by atoms with Crippen molar-refractivity contribution >= 4 is 0 Å². The van der Waals surface area contributed by atoms with Crippen LogP contribution >= 0.6 is 0 Å². The van der Waals surface area contributed by atoms with Crippen LogP contribution in [0.1, 0.15) is 18.7 Å². The van der Waals surface area contributed by atoms with Crippen molar-refractivity contribution in [2.24, 2.45) is 0 Å². The van der Waals surface area contributed by atoms with Crippen LogP contribution in [0.2, 0.25) is 0 Å². The molecule has 132 valence electrons. The van der Waals surface area contributed by atoms with Gasteiger partial charge in [0.05, 0.1) is 6.61 Å². The van der Waals surface area contributed by atoms with E-state index < -0.39 is 17.4 Å². The second kappa shape index (κ2) is 8.15. The molecule has 2 heterocycles. The summed E-state index contributed by atoms with van der Waals surface area (Å²) in [5.41, 5.74) is -0.506. The van der Waals surface area contributed by atoms with Crippen molar-refractivity contribution in [1.82, 2.24) is 24.7 Å². The molecule has 1 atom stereocenters. The van der Waals surface area contributed by atoms with Gasteiger partial charge in [0, 0.05) is 18.3 Å². The topological polar surface area (TPSA) is 106 Å². The molecule has 2 aromatic rings. The second-order valence-corrected chi connectivity index (χ2v) is 4.98. The number of nitrogens with one attached hydrogen (secondary N) is 1. The quantitative estimate of drug-likeness (QED) is 0.552. The zero-order valence-electron chi connectivity index (χ0n) is 13.6. The smallest absolute Gasteiger partial charge is 0.350 e. The number of aromatic nitrogens is 5. The van der Waals surface area contributed by atoms with Gasteiger partial charge < -0.3 is 9.84 Å². The molecule has 9 heteroatoms. The number of rotatable bonds is 8. The summed E-state index contributed by atoms with van der Waals surface area (Å²) < 4.78 is 20.6. The minimum absolute atomic E-state index is 0.0442. The van der Waals surface area contributed by atoms with Crippen LogP contribution in [0.15, 0.2) is 59.6 Å². The Hall–Kier alpha value is -3.07. The molecule has 0 fully saturated rings. The van der Waals surface area contributed by atoms with Gasteiger partial charge in [-0.3, -0.25) is 4.98 Å². The summed E-state index contributed by atoms with van der Waals surface area (Å²) in [4.78, 5) is 22.5. The van der Waals surface area contributed by atoms with Crippen LogP contribution in [0.5, 0.6) is 0 Å². The number of aromatic amines is 1. The van der Waals surface area contributed by atoms with Crippen molar-refractivity contribution in [3.8, 4) is 5.95 Å². The Kier molecular flexibility index (Phi) is 5.96. The van der Waals surface area contributed by atoms with Crippen LogP contribution in [0, 0.1) is 0 Å². The molecule has 0 saturated carbocycles. The van der Waals surface area contributed by atoms with E-state index in [9.17, 15) is 9.18 Å². The largest absolute Gasteiger partial charge is 0.488 e. The maximum Gasteiger partial charge on any atom is 0.350 e. The van der Waals surface area contributed by atoms with Crippen molar-refractivity contribution in [3.63, 3.8) is 0 Å². The van der Waals surface area contributed by atoms with Crippen LogP contribution in [0.25, 0.3) is 5.95 Å². The van der Waals surface area contributed by atoms with Crippen LogP contribution in [-0.4, -0.2) is 43.1 Å². The van der Waals surface area contributed by atoms with E-state index in [4.69, 9.17) is 9.84 Å². The highest BCUT2D eigenvalue weighted by molar-refractivity contribution is 5.35. The molecular formula is C16H18FN5O3. The molecule has 1 unspecified atom stereocenters. The summed E-state index contributed by atoms with van der Waals surface area (Å²) in [6, 6.07) is 1.61. The van der Waals surface area contributed by atoms with Gasteiger partial charge in [-0.2, -0.15) is 0 Å². The highest BCUT2D eigenvalue weighted by Gasteiger charge is 2.22. The van der Waals surface area contributed by atoms with Gasteiger partial charge in [-0.15, -0.1) is 9.78 Å². The third-order valence-electron chi connectivity index (χ3n) is 3.34. The number of aliphatic hydroxyl groups is 1. The molecule has 0 aromatic carbocycles. The molecule has 2 rings (SSSR count). The number of allylic oxidation sites excluding steroid dienone is 3. The van der Waals surface area contributed by atoms with Gasteiger partial charge >= 0.3 is 5.69 Å². The number of hydrogen-bond acceptors (Lipinski definition) is 6. The van der Waals surface area contributed by atoms with Crippen molar-refractivity contribution in [2.75, 3.05) is 13.2 Å². The lowest BCUT2D eigenvalue weighted by Gasteiger charge is -2.13. The van der Waals surface area contributed by atoms with E-state index in [0.29, 0.717) is 0 Å². The van der Waals surface area contributed by atoms with E-state index in [1.54, 1.807) is 13.0 Å². The Labute approximate surface area is 143 Å². The van der Waals surface area contributed by atoms with E-state index in [2.05, 4.69) is 33.2 Å². The number of ether oxygens (including phenoxy) is 1. The molecule has 2 aromatic heterocycles. The van der Waals surface area contributed by atoms with Gasteiger partial charge in [-0.1, -0.05) is 20.1 Å². The minimum atomic E-state index is -0.734. The monoisotopic (exact) mass is 347 g/mol. The average molecular weight is 347 g/mol. The fourth-order valence-corrected chi connectivity index (χ4v) is 1.95. The Morgan fingerprint density at radius 2 is 2.20 bits per heavy atom. The molecule has 0 radical (unpaired) electrons. The van der Waals surface area contributed by atoms with E-state index in [0.717, 1.165) is 4.68 Å². The van der Waals surface area contributed by atoms with Gasteiger partial charge in [-0.25, -0.2) is 19.2 Å². The van der Waals surface area contributed by atoms with Gasteiger partial charge in [0.1, 0.15) is 12.4 Å². The molecule has 2 N–H and O–H groups in total. The van der Waals surface area contributed by atoms with Crippen LogP contribution < -0.4 is 5.69 Å². The van der Waals surface area contributed by atoms with Gasteiger partial charge in [0.25, 0.3) is 5.95 Å². The normalized spacial score (nSPS) is 13.1. The lowest BCUT2D eigenvalue weighted by Crippen LogP contribution is -2.18. The predicted molar refractivity (Wildman–Crippen MR) is 88.7 cm³/mol. The average Bonchev–Trinajstić information content (AvgIpc) is 3.03. The molecule has 0 aliphatic carbocycles. The lowest BCUT2D eigenvalue weighted by molar-refractivity contribution is 0.147. The molecule has 8 nitrogen and oxygen atoms in total. The number of halogens is 1. The Morgan fingerprint density at radius 3 is 2.80 bits per heavy atom. The van der Waals surface area contributed by atoms with E-state index in [-0.39, 0.29) is 36.3 Å². The van der Waals surface area contributed by atoms with Gasteiger partial charge in [0.15, 0.2) is 11.6 Å². The molecule has 0 amide bonds. The first-order valence-electron chi connectivity index (χ1n) is 7.41. The SMILES string of the molecule is C=CC(OCCO)=C(F)C(=C)C(C)c1nn(-c2ncccn2)c(=O)[nH]1. The minimum Gasteiger partial charge on any atom is -0.488 e. The summed E-state index contributed by atoms with van der Waals surface area (Å²) >= 11 is 0. The molecule has 0 aliphatic heterocycles. The number of hydrogen-bond donors (Lipinski definition) is 2.